The number of para-hydroxylation sites is 1. The minimum Gasteiger partial charge on any atom is -0.379 e. The summed E-state index contributed by atoms with van der Waals surface area (Å²) >= 11 is 0. The van der Waals surface area contributed by atoms with Crippen molar-refractivity contribution in [3.8, 4) is 5.69 Å². The van der Waals surface area contributed by atoms with Crippen LogP contribution >= 0.6 is 0 Å². The molecule has 0 saturated carbocycles. The first-order valence-corrected chi connectivity index (χ1v) is 10.2. The molecule has 2 N–H and O–H groups in total. The Morgan fingerprint density at radius 1 is 1.21 bits per heavy atom. The van der Waals surface area contributed by atoms with Crippen LogP contribution in [0.25, 0.3) is 5.69 Å². The third kappa shape index (κ3) is 6.07. The van der Waals surface area contributed by atoms with Crippen LogP contribution < -0.4 is 10.6 Å². The summed E-state index contributed by atoms with van der Waals surface area (Å²) in [6.07, 6.45) is 4.91. The first-order valence-electron chi connectivity index (χ1n) is 10.2. The lowest BCUT2D eigenvalue weighted by Gasteiger charge is -2.31. The van der Waals surface area contributed by atoms with E-state index in [0.717, 1.165) is 64.0 Å². The summed E-state index contributed by atoms with van der Waals surface area (Å²) < 4.78 is 7.35. The highest BCUT2D eigenvalue weighted by Gasteiger charge is 2.16. The van der Waals surface area contributed by atoms with E-state index in [0.29, 0.717) is 6.04 Å². The normalized spacial score (nSPS) is 16.7. The smallest absolute Gasteiger partial charge is 0.191 e. The third-order valence-electron chi connectivity index (χ3n) is 4.89. The predicted octanol–water partition coefficient (Wildman–Crippen LogP) is 1.69. The molecule has 1 saturated heterocycles. The molecule has 2 heterocycles. The van der Waals surface area contributed by atoms with Crippen LogP contribution in [-0.2, 0) is 11.2 Å². The van der Waals surface area contributed by atoms with Crippen LogP contribution in [0, 0.1) is 0 Å². The van der Waals surface area contributed by atoms with Crippen molar-refractivity contribution in [2.24, 2.45) is 4.99 Å². The second-order valence-electron chi connectivity index (χ2n) is 7.02. The first-order chi connectivity index (χ1) is 13.8. The Morgan fingerprint density at radius 2 is 2.00 bits per heavy atom. The third-order valence-corrected chi connectivity index (χ3v) is 4.89. The average molecular weight is 385 g/mol. The zero-order chi connectivity index (χ0) is 19.6. The molecule has 1 aromatic carbocycles. The number of guanidine groups is 1. The van der Waals surface area contributed by atoms with E-state index in [-0.39, 0.29) is 0 Å². The maximum Gasteiger partial charge on any atom is 0.191 e. The molecule has 3 rings (SSSR count). The molecule has 152 valence electrons. The fraction of sp³-hybridized carbons (Fsp3) is 0.524. The summed E-state index contributed by atoms with van der Waals surface area (Å²) in [5.41, 5.74) is 2.28. The Labute approximate surface area is 167 Å². The number of ether oxygens (including phenoxy) is 1. The van der Waals surface area contributed by atoms with Gasteiger partial charge in [0.05, 0.1) is 31.6 Å². The van der Waals surface area contributed by atoms with Crippen LogP contribution in [0.4, 0.5) is 0 Å². The standard InChI is InChI=1S/C21H32N6O/c1-3-22-21(24-15-18(2)26-11-13-28-14-12-26)23-10-9-19-16-25-27(17-19)20-7-5-4-6-8-20/h4-8,16-18H,3,9-15H2,1-2H3,(H2,22,23,24). The van der Waals surface area contributed by atoms with Gasteiger partial charge >= 0.3 is 0 Å². The van der Waals surface area contributed by atoms with Crippen LogP contribution in [0.2, 0.25) is 0 Å². The van der Waals surface area contributed by atoms with Crippen molar-refractivity contribution < 1.29 is 4.74 Å². The van der Waals surface area contributed by atoms with Crippen molar-refractivity contribution in [3.05, 3.63) is 48.3 Å². The molecule has 1 unspecified atom stereocenters. The average Bonchev–Trinajstić information content (AvgIpc) is 3.22. The maximum atomic E-state index is 5.43. The zero-order valence-electron chi connectivity index (χ0n) is 17.0. The number of aliphatic imine (C=N–C) groups is 1. The minimum atomic E-state index is 0.420. The van der Waals surface area contributed by atoms with Crippen molar-refractivity contribution in [2.45, 2.75) is 26.3 Å². The number of hydrogen-bond acceptors (Lipinski definition) is 4. The number of rotatable bonds is 8. The van der Waals surface area contributed by atoms with Gasteiger partial charge in [-0.2, -0.15) is 5.10 Å². The van der Waals surface area contributed by atoms with E-state index in [9.17, 15) is 0 Å². The van der Waals surface area contributed by atoms with E-state index in [1.807, 2.05) is 29.1 Å². The Morgan fingerprint density at radius 3 is 2.75 bits per heavy atom. The van der Waals surface area contributed by atoms with Gasteiger partial charge in [0.15, 0.2) is 5.96 Å². The molecule has 0 spiro atoms. The van der Waals surface area contributed by atoms with Crippen LogP contribution in [0.3, 0.4) is 0 Å². The lowest BCUT2D eigenvalue weighted by molar-refractivity contribution is 0.0220. The summed E-state index contributed by atoms with van der Waals surface area (Å²) in [5, 5.41) is 11.2. The predicted molar refractivity (Wildman–Crippen MR) is 113 cm³/mol. The number of benzene rings is 1. The Kier molecular flexibility index (Phi) is 7.87. The van der Waals surface area contributed by atoms with Crippen LogP contribution in [0.5, 0.6) is 0 Å². The van der Waals surface area contributed by atoms with Gasteiger partial charge in [0.25, 0.3) is 0 Å². The number of aromatic nitrogens is 2. The molecule has 1 fully saturated rings. The topological polar surface area (TPSA) is 66.7 Å². The minimum absolute atomic E-state index is 0.420. The van der Waals surface area contributed by atoms with Gasteiger partial charge in [-0.3, -0.25) is 9.89 Å². The van der Waals surface area contributed by atoms with Crippen LogP contribution in [-0.4, -0.2) is 72.6 Å². The molecule has 0 radical (unpaired) electrons. The molecule has 7 nitrogen and oxygen atoms in total. The summed E-state index contributed by atoms with van der Waals surface area (Å²) in [6, 6.07) is 10.6. The summed E-state index contributed by atoms with van der Waals surface area (Å²) in [4.78, 5) is 7.20. The summed E-state index contributed by atoms with van der Waals surface area (Å²) in [7, 11) is 0. The maximum absolute atomic E-state index is 5.43. The number of hydrogen-bond donors (Lipinski definition) is 2. The molecule has 1 atom stereocenters. The van der Waals surface area contributed by atoms with Gasteiger partial charge in [-0.15, -0.1) is 0 Å². The van der Waals surface area contributed by atoms with Gasteiger partial charge in [0, 0.05) is 38.4 Å². The van der Waals surface area contributed by atoms with Gasteiger partial charge in [-0.1, -0.05) is 18.2 Å². The molecule has 1 aliphatic heterocycles. The molecule has 0 bridgehead atoms. The van der Waals surface area contributed by atoms with E-state index < -0.39 is 0 Å². The van der Waals surface area contributed by atoms with Crippen molar-refractivity contribution in [1.29, 1.82) is 0 Å². The van der Waals surface area contributed by atoms with E-state index in [1.165, 1.54) is 5.56 Å². The molecule has 1 aliphatic rings. The highest BCUT2D eigenvalue weighted by atomic mass is 16.5. The van der Waals surface area contributed by atoms with Crippen molar-refractivity contribution in [2.75, 3.05) is 45.9 Å². The fourth-order valence-electron chi connectivity index (χ4n) is 3.24. The molecule has 0 amide bonds. The first kappa shape index (κ1) is 20.4. The van der Waals surface area contributed by atoms with Crippen LogP contribution in [0.15, 0.2) is 47.7 Å². The Hall–Kier alpha value is -2.38. The fourth-order valence-corrected chi connectivity index (χ4v) is 3.24. The number of morpholine rings is 1. The van der Waals surface area contributed by atoms with E-state index in [2.05, 4.69) is 52.8 Å². The highest BCUT2D eigenvalue weighted by molar-refractivity contribution is 5.79. The SMILES string of the molecule is CCNC(=NCC(C)N1CCOCC1)NCCc1cnn(-c2ccccc2)c1. The molecule has 2 aromatic rings. The largest absolute Gasteiger partial charge is 0.379 e. The quantitative estimate of drug-likeness (QED) is 0.536. The zero-order valence-corrected chi connectivity index (χ0v) is 17.0. The second-order valence-corrected chi connectivity index (χ2v) is 7.02. The summed E-state index contributed by atoms with van der Waals surface area (Å²) in [5.74, 6) is 0.873. The Balaban J connectivity index is 1.47. The number of nitrogens with zero attached hydrogens (tertiary/aromatic N) is 4. The lowest BCUT2D eigenvalue weighted by Crippen LogP contribution is -2.44. The molecule has 0 aliphatic carbocycles. The van der Waals surface area contributed by atoms with Crippen molar-refractivity contribution in [3.63, 3.8) is 0 Å². The number of nitrogens with one attached hydrogen (secondary N) is 2. The molecular weight excluding hydrogens is 352 g/mol. The molecule has 28 heavy (non-hydrogen) atoms. The van der Waals surface area contributed by atoms with Gasteiger partial charge in [0.2, 0.25) is 0 Å². The van der Waals surface area contributed by atoms with Crippen molar-refractivity contribution >= 4 is 5.96 Å². The Bertz CT molecular complexity index is 724. The van der Waals surface area contributed by atoms with Gasteiger partial charge in [0.1, 0.15) is 0 Å². The van der Waals surface area contributed by atoms with Gasteiger partial charge in [-0.25, -0.2) is 4.68 Å². The monoisotopic (exact) mass is 384 g/mol. The molecule has 7 heteroatoms. The van der Waals surface area contributed by atoms with E-state index >= 15 is 0 Å². The lowest BCUT2D eigenvalue weighted by atomic mass is 10.2. The van der Waals surface area contributed by atoms with E-state index in [4.69, 9.17) is 9.73 Å². The molecular formula is C21H32N6O. The van der Waals surface area contributed by atoms with Gasteiger partial charge in [-0.05, 0) is 38.0 Å². The molecule has 1 aromatic heterocycles. The van der Waals surface area contributed by atoms with Gasteiger partial charge < -0.3 is 15.4 Å². The van der Waals surface area contributed by atoms with E-state index in [1.54, 1.807) is 0 Å². The van der Waals surface area contributed by atoms with Crippen LogP contribution in [0.1, 0.15) is 19.4 Å². The summed E-state index contributed by atoms with van der Waals surface area (Å²) in [6.45, 7) is 10.4. The highest BCUT2D eigenvalue weighted by Crippen LogP contribution is 2.08. The second kappa shape index (κ2) is 10.8. The van der Waals surface area contributed by atoms with Crippen molar-refractivity contribution in [1.82, 2.24) is 25.3 Å².